The Morgan fingerprint density at radius 1 is 1.05 bits per heavy atom. The zero-order valence-electron chi connectivity index (χ0n) is 10.8. The molecule has 106 valence electrons. The van der Waals surface area contributed by atoms with Gasteiger partial charge < -0.3 is 10.8 Å². The topological polar surface area (TPSA) is 46.2 Å². The molecule has 0 aliphatic heterocycles. The van der Waals surface area contributed by atoms with Crippen LogP contribution < -0.4 is 5.73 Å². The van der Waals surface area contributed by atoms with Crippen molar-refractivity contribution in [3.05, 3.63) is 64.7 Å². The standard InChI is InChI=1S/C15H14F3NO/c1-9-2-4-10(5-3-9)14(20)12-8-11(15(16,17)18)6-7-13(12)19/h2-8,14,20H,19H2,1H3. The number of aryl methyl sites for hydroxylation is 1. The molecule has 1 atom stereocenters. The quantitative estimate of drug-likeness (QED) is 0.825. The highest BCUT2D eigenvalue weighted by Crippen LogP contribution is 2.34. The molecule has 0 fully saturated rings. The van der Waals surface area contributed by atoms with E-state index in [1.54, 1.807) is 24.3 Å². The highest BCUT2D eigenvalue weighted by molar-refractivity contribution is 5.52. The third-order valence-corrected chi connectivity index (χ3v) is 3.10. The van der Waals surface area contributed by atoms with E-state index >= 15 is 0 Å². The molecule has 1 unspecified atom stereocenters. The van der Waals surface area contributed by atoms with Gasteiger partial charge in [-0.1, -0.05) is 29.8 Å². The second-order valence-electron chi connectivity index (χ2n) is 4.65. The summed E-state index contributed by atoms with van der Waals surface area (Å²) in [6.45, 7) is 1.88. The fraction of sp³-hybridized carbons (Fsp3) is 0.200. The minimum atomic E-state index is -4.46. The summed E-state index contributed by atoms with van der Waals surface area (Å²) in [5.74, 6) is 0. The number of aliphatic hydroxyl groups is 1. The van der Waals surface area contributed by atoms with Gasteiger partial charge in [0, 0.05) is 11.3 Å². The van der Waals surface area contributed by atoms with Crippen LogP contribution >= 0.6 is 0 Å². The Morgan fingerprint density at radius 2 is 1.65 bits per heavy atom. The minimum absolute atomic E-state index is 0.0590. The van der Waals surface area contributed by atoms with Crippen molar-refractivity contribution in [3.8, 4) is 0 Å². The van der Waals surface area contributed by atoms with Gasteiger partial charge in [-0.3, -0.25) is 0 Å². The predicted octanol–water partition coefficient (Wildman–Crippen LogP) is 3.68. The molecule has 0 bridgehead atoms. The van der Waals surface area contributed by atoms with Crippen molar-refractivity contribution in [1.29, 1.82) is 0 Å². The fourth-order valence-corrected chi connectivity index (χ4v) is 1.92. The number of anilines is 1. The molecule has 0 aliphatic carbocycles. The number of hydrogen-bond acceptors (Lipinski definition) is 2. The van der Waals surface area contributed by atoms with Gasteiger partial charge in [0.2, 0.25) is 0 Å². The molecule has 3 N–H and O–H groups in total. The zero-order chi connectivity index (χ0) is 14.9. The maximum Gasteiger partial charge on any atom is 0.416 e. The number of nitrogen functional groups attached to an aromatic ring is 1. The summed E-state index contributed by atoms with van der Waals surface area (Å²) >= 11 is 0. The Balaban J connectivity index is 2.43. The summed E-state index contributed by atoms with van der Waals surface area (Å²) in [5, 5.41) is 10.2. The van der Waals surface area contributed by atoms with Crippen molar-refractivity contribution in [2.45, 2.75) is 19.2 Å². The second kappa shape index (κ2) is 5.17. The monoisotopic (exact) mass is 281 g/mol. The lowest BCUT2D eigenvalue weighted by Gasteiger charge is -2.16. The van der Waals surface area contributed by atoms with Crippen LogP contribution in [0.25, 0.3) is 0 Å². The van der Waals surface area contributed by atoms with Crippen LogP contribution in [0.1, 0.15) is 28.4 Å². The lowest BCUT2D eigenvalue weighted by molar-refractivity contribution is -0.137. The third-order valence-electron chi connectivity index (χ3n) is 3.10. The van der Waals surface area contributed by atoms with E-state index in [0.29, 0.717) is 5.56 Å². The van der Waals surface area contributed by atoms with Crippen LogP contribution in [0.5, 0.6) is 0 Å². The Hall–Kier alpha value is -2.01. The highest BCUT2D eigenvalue weighted by atomic mass is 19.4. The van der Waals surface area contributed by atoms with Crippen molar-refractivity contribution >= 4 is 5.69 Å². The van der Waals surface area contributed by atoms with Crippen molar-refractivity contribution in [1.82, 2.24) is 0 Å². The molecule has 5 heteroatoms. The van der Waals surface area contributed by atoms with Gasteiger partial charge in [0.15, 0.2) is 0 Å². The number of hydrogen-bond donors (Lipinski definition) is 2. The smallest absolute Gasteiger partial charge is 0.398 e. The highest BCUT2D eigenvalue weighted by Gasteiger charge is 2.31. The number of halogens is 3. The predicted molar refractivity (Wildman–Crippen MR) is 71.1 cm³/mol. The molecule has 0 aliphatic rings. The van der Waals surface area contributed by atoms with Crippen molar-refractivity contribution < 1.29 is 18.3 Å². The second-order valence-corrected chi connectivity index (χ2v) is 4.65. The normalized spacial score (nSPS) is 13.2. The third kappa shape index (κ3) is 2.93. The molecule has 2 aromatic carbocycles. The number of nitrogens with two attached hydrogens (primary N) is 1. The zero-order valence-corrected chi connectivity index (χ0v) is 10.8. The van der Waals surface area contributed by atoms with Gasteiger partial charge in [0.25, 0.3) is 0 Å². The van der Waals surface area contributed by atoms with Crippen molar-refractivity contribution in [3.63, 3.8) is 0 Å². The lowest BCUT2D eigenvalue weighted by Crippen LogP contribution is -2.09. The van der Waals surface area contributed by atoms with E-state index in [4.69, 9.17) is 5.73 Å². The Bertz CT molecular complexity index is 606. The van der Waals surface area contributed by atoms with Gasteiger partial charge in [-0.2, -0.15) is 13.2 Å². The number of rotatable bonds is 2. The SMILES string of the molecule is Cc1ccc(C(O)c2cc(C(F)(F)F)ccc2N)cc1. The average molecular weight is 281 g/mol. The molecule has 0 saturated heterocycles. The Morgan fingerprint density at radius 3 is 2.20 bits per heavy atom. The van der Waals surface area contributed by atoms with Crippen LogP contribution in [0.15, 0.2) is 42.5 Å². The molecule has 0 radical (unpaired) electrons. The van der Waals surface area contributed by atoms with Gasteiger partial charge in [0.05, 0.1) is 5.56 Å². The first kappa shape index (κ1) is 14.4. The molecule has 0 amide bonds. The number of alkyl halides is 3. The van der Waals surface area contributed by atoms with Gasteiger partial charge in [-0.05, 0) is 30.7 Å². The molecule has 2 rings (SSSR count). The van der Waals surface area contributed by atoms with E-state index in [-0.39, 0.29) is 11.3 Å². The first-order valence-electron chi connectivity index (χ1n) is 6.00. The molecule has 2 aromatic rings. The van der Waals surface area contributed by atoms with Crippen LogP contribution in [0, 0.1) is 6.92 Å². The molecular formula is C15H14F3NO. The van der Waals surface area contributed by atoms with Crippen molar-refractivity contribution in [2.24, 2.45) is 0 Å². The lowest BCUT2D eigenvalue weighted by atomic mass is 9.97. The van der Waals surface area contributed by atoms with Gasteiger partial charge in [-0.15, -0.1) is 0 Å². The van der Waals surface area contributed by atoms with E-state index in [2.05, 4.69) is 0 Å². The minimum Gasteiger partial charge on any atom is -0.398 e. The summed E-state index contributed by atoms with van der Waals surface area (Å²) in [5.41, 5.74) is 6.54. The first-order valence-corrected chi connectivity index (χ1v) is 6.00. The Labute approximate surface area is 114 Å². The molecule has 2 nitrogen and oxygen atoms in total. The van der Waals surface area contributed by atoms with Gasteiger partial charge in [0.1, 0.15) is 6.10 Å². The van der Waals surface area contributed by atoms with E-state index in [0.717, 1.165) is 23.8 Å². The summed E-state index contributed by atoms with van der Waals surface area (Å²) in [4.78, 5) is 0. The largest absolute Gasteiger partial charge is 0.416 e. The van der Waals surface area contributed by atoms with E-state index in [1.165, 1.54) is 0 Å². The summed E-state index contributed by atoms with van der Waals surface area (Å²) in [7, 11) is 0. The number of benzene rings is 2. The summed E-state index contributed by atoms with van der Waals surface area (Å²) in [6.07, 6.45) is -5.65. The average Bonchev–Trinajstić information content (AvgIpc) is 2.38. The van der Waals surface area contributed by atoms with Crippen LogP contribution in [0.2, 0.25) is 0 Å². The summed E-state index contributed by atoms with van der Waals surface area (Å²) < 4.78 is 38.1. The van der Waals surface area contributed by atoms with Crippen LogP contribution in [-0.2, 0) is 6.18 Å². The van der Waals surface area contributed by atoms with E-state index in [9.17, 15) is 18.3 Å². The molecule has 0 spiro atoms. The molecule has 0 heterocycles. The fourth-order valence-electron chi connectivity index (χ4n) is 1.92. The number of aliphatic hydroxyl groups excluding tert-OH is 1. The van der Waals surface area contributed by atoms with Gasteiger partial charge in [-0.25, -0.2) is 0 Å². The Kier molecular flexibility index (Phi) is 3.72. The first-order chi connectivity index (χ1) is 9.29. The molecule has 20 heavy (non-hydrogen) atoms. The summed E-state index contributed by atoms with van der Waals surface area (Å²) in [6, 6.07) is 9.85. The van der Waals surface area contributed by atoms with Crippen LogP contribution in [0.3, 0.4) is 0 Å². The van der Waals surface area contributed by atoms with Crippen LogP contribution in [0.4, 0.5) is 18.9 Å². The molecular weight excluding hydrogens is 267 g/mol. The van der Waals surface area contributed by atoms with Crippen LogP contribution in [-0.4, -0.2) is 5.11 Å². The van der Waals surface area contributed by atoms with E-state index in [1.807, 2.05) is 6.92 Å². The van der Waals surface area contributed by atoms with E-state index < -0.39 is 17.8 Å². The maximum absolute atomic E-state index is 12.7. The maximum atomic E-state index is 12.7. The molecule has 0 aromatic heterocycles. The van der Waals surface area contributed by atoms with Gasteiger partial charge >= 0.3 is 6.18 Å². The molecule has 0 saturated carbocycles. The van der Waals surface area contributed by atoms with Crippen molar-refractivity contribution in [2.75, 3.05) is 5.73 Å².